The van der Waals surface area contributed by atoms with Crippen molar-refractivity contribution in [2.24, 2.45) is 0 Å². The molecule has 0 saturated carbocycles. The van der Waals surface area contributed by atoms with Gasteiger partial charge in [-0.2, -0.15) is 9.49 Å². The monoisotopic (exact) mass is 257 g/mol. The minimum absolute atomic E-state index is 0.0287. The van der Waals surface area contributed by atoms with E-state index in [0.29, 0.717) is 0 Å². The molecule has 0 bridgehead atoms. The third kappa shape index (κ3) is 2.34. The van der Waals surface area contributed by atoms with Crippen LogP contribution in [0.25, 0.3) is 0 Å². The number of nitrogens with zero attached hydrogens (tertiary/aromatic N) is 2. The molecule has 0 aliphatic rings. The average Bonchev–Trinajstić information content (AvgIpc) is 2.75. The number of rotatable bonds is 3. The van der Waals surface area contributed by atoms with E-state index in [-0.39, 0.29) is 16.7 Å². The van der Waals surface area contributed by atoms with Gasteiger partial charge < -0.3 is 4.74 Å². The first kappa shape index (κ1) is 11.3. The van der Waals surface area contributed by atoms with Crippen molar-refractivity contribution in [2.75, 3.05) is 0 Å². The second-order valence-electron chi connectivity index (χ2n) is 3.01. The van der Waals surface area contributed by atoms with Gasteiger partial charge in [0.25, 0.3) is 0 Å². The van der Waals surface area contributed by atoms with E-state index < -0.39 is 16.4 Å². The first-order chi connectivity index (χ1) is 8.08. The van der Waals surface area contributed by atoms with E-state index in [4.69, 9.17) is 16.3 Å². The summed E-state index contributed by atoms with van der Waals surface area (Å²) in [6.07, 6.45) is 1.44. The molecule has 1 aromatic heterocycles. The standard InChI is InChI=1S/C9H5ClFN3O3/c10-5-3-7(14(15)16)6(11)4-8(5)17-9-1-2-12-13-9/h1-4H,(H,12,13). The Hall–Kier alpha value is -2.15. The lowest BCUT2D eigenvalue weighted by molar-refractivity contribution is -0.387. The van der Waals surface area contributed by atoms with Crippen LogP contribution in [0.5, 0.6) is 11.6 Å². The molecular weight excluding hydrogens is 253 g/mol. The zero-order valence-corrected chi connectivity index (χ0v) is 8.94. The molecule has 8 heteroatoms. The van der Waals surface area contributed by atoms with Gasteiger partial charge in [-0.1, -0.05) is 11.6 Å². The third-order valence-corrected chi connectivity index (χ3v) is 2.19. The number of nitro groups is 1. The van der Waals surface area contributed by atoms with Gasteiger partial charge in [0.05, 0.1) is 16.1 Å². The molecule has 0 radical (unpaired) electrons. The molecule has 2 rings (SSSR count). The largest absolute Gasteiger partial charge is 0.438 e. The molecule has 0 fully saturated rings. The zero-order chi connectivity index (χ0) is 12.4. The zero-order valence-electron chi connectivity index (χ0n) is 8.18. The minimum Gasteiger partial charge on any atom is -0.438 e. The Balaban J connectivity index is 2.36. The second kappa shape index (κ2) is 4.38. The van der Waals surface area contributed by atoms with Crippen molar-refractivity contribution in [3.05, 3.63) is 45.4 Å². The lowest BCUT2D eigenvalue weighted by Gasteiger charge is -2.05. The number of ether oxygens (including phenoxy) is 1. The number of aromatic nitrogens is 2. The quantitative estimate of drug-likeness (QED) is 0.677. The maximum Gasteiger partial charge on any atom is 0.306 e. The molecule has 1 heterocycles. The van der Waals surface area contributed by atoms with Gasteiger partial charge in [-0.25, -0.2) is 5.10 Å². The number of aromatic amines is 1. The number of nitrogens with one attached hydrogen (secondary N) is 1. The van der Waals surface area contributed by atoms with Crippen molar-refractivity contribution in [3.8, 4) is 11.6 Å². The summed E-state index contributed by atoms with van der Waals surface area (Å²) in [7, 11) is 0. The van der Waals surface area contributed by atoms with Crippen LogP contribution in [0.2, 0.25) is 5.02 Å². The van der Waals surface area contributed by atoms with Crippen molar-refractivity contribution in [3.63, 3.8) is 0 Å². The molecule has 0 aliphatic carbocycles. The summed E-state index contributed by atoms with van der Waals surface area (Å²) in [5.74, 6) is -0.798. The van der Waals surface area contributed by atoms with E-state index in [1.807, 2.05) is 0 Å². The van der Waals surface area contributed by atoms with Gasteiger partial charge >= 0.3 is 5.69 Å². The van der Waals surface area contributed by atoms with Crippen LogP contribution in [0.3, 0.4) is 0 Å². The number of nitro benzene ring substituents is 1. The molecule has 0 spiro atoms. The summed E-state index contributed by atoms with van der Waals surface area (Å²) in [4.78, 5) is 9.59. The van der Waals surface area contributed by atoms with Gasteiger partial charge in [0.2, 0.25) is 11.7 Å². The van der Waals surface area contributed by atoms with Gasteiger partial charge in [-0.3, -0.25) is 10.1 Å². The Bertz CT molecular complexity index is 559. The number of halogens is 2. The van der Waals surface area contributed by atoms with E-state index in [2.05, 4.69) is 10.2 Å². The average molecular weight is 258 g/mol. The van der Waals surface area contributed by atoms with Crippen LogP contribution < -0.4 is 4.74 Å². The molecular formula is C9H5ClFN3O3. The van der Waals surface area contributed by atoms with Crippen LogP contribution in [0.1, 0.15) is 0 Å². The van der Waals surface area contributed by atoms with Crippen LogP contribution in [-0.4, -0.2) is 15.1 Å². The number of H-pyrrole nitrogens is 1. The topological polar surface area (TPSA) is 81.1 Å². The molecule has 88 valence electrons. The normalized spacial score (nSPS) is 10.2. The van der Waals surface area contributed by atoms with Gasteiger partial charge in [-0.15, -0.1) is 0 Å². The second-order valence-corrected chi connectivity index (χ2v) is 3.42. The molecule has 0 unspecified atom stereocenters. The molecule has 1 N–H and O–H groups in total. The van der Waals surface area contributed by atoms with E-state index in [1.165, 1.54) is 12.3 Å². The van der Waals surface area contributed by atoms with Crippen LogP contribution in [0, 0.1) is 15.9 Å². The van der Waals surface area contributed by atoms with Gasteiger partial charge in [-0.05, 0) is 0 Å². The summed E-state index contributed by atoms with van der Waals surface area (Å²) in [6, 6.07) is 3.24. The van der Waals surface area contributed by atoms with E-state index >= 15 is 0 Å². The molecule has 0 amide bonds. The Kier molecular flexibility index (Phi) is 2.92. The Morgan fingerprint density at radius 2 is 2.29 bits per heavy atom. The third-order valence-electron chi connectivity index (χ3n) is 1.89. The number of hydrogen-bond donors (Lipinski definition) is 1. The Morgan fingerprint density at radius 1 is 1.53 bits per heavy atom. The van der Waals surface area contributed by atoms with Crippen molar-refractivity contribution < 1.29 is 14.1 Å². The van der Waals surface area contributed by atoms with Crippen molar-refractivity contribution in [1.29, 1.82) is 0 Å². The fourth-order valence-electron chi connectivity index (χ4n) is 1.15. The predicted molar refractivity (Wildman–Crippen MR) is 56.7 cm³/mol. The highest BCUT2D eigenvalue weighted by Gasteiger charge is 2.18. The highest BCUT2D eigenvalue weighted by molar-refractivity contribution is 6.32. The summed E-state index contributed by atoms with van der Waals surface area (Å²) in [5.41, 5.74) is -0.702. The molecule has 2 aromatic rings. The van der Waals surface area contributed by atoms with Gasteiger partial charge in [0.1, 0.15) is 0 Å². The lowest BCUT2D eigenvalue weighted by atomic mass is 10.3. The maximum absolute atomic E-state index is 13.3. The van der Waals surface area contributed by atoms with E-state index in [1.54, 1.807) is 0 Å². The Morgan fingerprint density at radius 3 is 2.88 bits per heavy atom. The fourth-order valence-corrected chi connectivity index (χ4v) is 1.35. The first-order valence-corrected chi connectivity index (χ1v) is 4.76. The van der Waals surface area contributed by atoms with Crippen molar-refractivity contribution in [2.45, 2.75) is 0 Å². The molecule has 0 atom stereocenters. The smallest absolute Gasteiger partial charge is 0.306 e. The predicted octanol–water partition coefficient (Wildman–Crippen LogP) is 2.90. The van der Waals surface area contributed by atoms with Crippen LogP contribution >= 0.6 is 11.6 Å². The van der Waals surface area contributed by atoms with Crippen molar-refractivity contribution >= 4 is 17.3 Å². The van der Waals surface area contributed by atoms with Gasteiger partial charge in [0.15, 0.2) is 5.75 Å². The summed E-state index contributed by atoms with van der Waals surface area (Å²) in [6.45, 7) is 0. The summed E-state index contributed by atoms with van der Waals surface area (Å²) < 4.78 is 18.5. The fraction of sp³-hybridized carbons (Fsp3) is 0. The Labute approximate surface area is 99.1 Å². The van der Waals surface area contributed by atoms with Crippen molar-refractivity contribution in [1.82, 2.24) is 10.2 Å². The number of hydrogen-bond acceptors (Lipinski definition) is 4. The highest BCUT2D eigenvalue weighted by Crippen LogP contribution is 2.33. The SMILES string of the molecule is O=[N+]([O-])c1cc(Cl)c(Oc2ccn[nH]2)cc1F. The lowest BCUT2D eigenvalue weighted by Crippen LogP contribution is -1.94. The molecule has 0 aliphatic heterocycles. The summed E-state index contributed by atoms with van der Waals surface area (Å²) >= 11 is 5.73. The highest BCUT2D eigenvalue weighted by atomic mass is 35.5. The van der Waals surface area contributed by atoms with Gasteiger partial charge in [0, 0.05) is 18.2 Å². The molecule has 1 aromatic carbocycles. The van der Waals surface area contributed by atoms with Crippen LogP contribution in [0.4, 0.5) is 10.1 Å². The van der Waals surface area contributed by atoms with E-state index in [9.17, 15) is 14.5 Å². The molecule has 17 heavy (non-hydrogen) atoms. The first-order valence-electron chi connectivity index (χ1n) is 4.38. The number of benzene rings is 1. The molecule has 6 nitrogen and oxygen atoms in total. The minimum atomic E-state index is -1.02. The van der Waals surface area contributed by atoms with Crippen LogP contribution in [0.15, 0.2) is 24.4 Å². The maximum atomic E-state index is 13.3. The summed E-state index contributed by atoms with van der Waals surface area (Å²) in [5, 5.41) is 16.5. The molecule has 0 saturated heterocycles. The van der Waals surface area contributed by atoms with Crippen LogP contribution in [-0.2, 0) is 0 Å². The van der Waals surface area contributed by atoms with E-state index in [0.717, 1.165) is 12.1 Å².